The van der Waals surface area contributed by atoms with E-state index >= 15 is 0 Å². The molecule has 0 saturated carbocycles. The Morgan fingerprint density at radius 2 is 2.11 bits per heavy atom. The van der Waals surface area contributed by atoms with E-state index in [0.717, 1.165) is 25.3 Å². The first-order chi connectivity index (χ1) is 8.90. The van der Waals surface area contributed by atoms with Crippen LogP contribution < -0.4 is 10.1 Å². The molecule has 1 aromatic carbocycles. The van der Waals surface area contributed by atoms with Crippen molar-refractivity contribution in [3.05, 3.63) is 42.0 Å². The Morgan fingerprint density at radius 1 is 1.28 bits per heavy atom. The van der Waals surface area contributed by atoms with Crippen LogP contribution in [0.5, 0.6) is 5.75 Å². The van der Waals surface area contributed by atoms with E-state index in [9.17, 15) is 0 Å². The van der Waals surface area contributed by atoms with Crippen molar-refractivity contribution in [2.75, 3.05) is 13.1 Å². The largest absolute Gasteiger partial charge is 0.485 e. The van der Waals surface area contributed by atoms with Gasteiger partial charge in [0.15, 0.2) is 6.61 Å². The molecule has 1 fully saturated rings. The molecule has 0 aliphatic carbocycles. The number of hydrogen-bond donors (Lipinski definition) is 1. The van der Waals surface area contributed by atoms with Crippen LogP contribution in [0, 0.1) is 5.92 Å². The molecule has 0 radical (unpaired) electrons. The molecule has 2 aromatic rings. The van der Waals surface area contributed by atoms with Crippen molar-refractivity contribution in [1.82, 2.24) is 15.5 Å². The molecular weight excluding hydrogens is 230 g/mol. The predicted molar refractivity (Wildman–Crippen MR) is 65.1 cm³/mol. The van der Waals surface area contributed by atoms with E-state index in [0.29, 0.717) is 24.2 Å². The first kappa shape index (κ1) is 11.2. The van der Waals surface area contributed by atoms with Gasteiger partial charge in [0.25, 0.3) is 0 Å². The summed E-state index contributed by atoms with van der Waals surface area (Å²) in [5.41, 5.74) is 0. The van der Waals surface area contributed by atoms with E-state index in [1.165, 1.54) is 0 Å². The number of para-hydroxylation sites is 1. The van der Waals surface area contributed by atoms with Gasteiger partial charge in [0.1, 0.15) is 5.75 Å². The van der Waals surface area contributed by atoms with Gasteiger partial charge in [-0.15, -0.1) is 0 Å². The predicted octanol–water partition coefficient (Wildman–Crippen LogP) is 1.41. The maximum Gasteiger partial charge on any atom is 0.227 e. The van der Waals surface area contributed by atoms with Crippen LogP contribution in [-0.4, -0.2) is 23.2 Å². The van der Waals surface area contributed by atoms with E-state index in [1.54, 1.807) is 0 Å². The topological polar surface area (TPSA) is 60.2 Å². The number of nitrogens with one attached hydrogen (secondary N) is 1. The van der Waals surface area contributed by atoms with Gasteiger partial charge in [-0.25, -0.2) is 0 Å². The highest BCUT2D eigenvalue weighted by Gasteiger charge is 2.20. The fourth-order valence-corrected chi connectivity index (χ4v) is 1.84. The summed E-state index contributed by atoms with van der Waals surface area (Å²) >= 11 is 0. The lowest BCUT2D eigenvalue weighted by molar-refractivity contribution is 0.278. The maximum absolute atomic E-state index is 5.55. The van der Waals surface area contributed by atoms with Crippen LogP contribution in [-0.2, 0) is 13.0 Å². The van der Waals surface area contributed by atoms with Gasteiger partial charge in [-0.2, -0.15) is 4.98 Å². The van der Waals surface area contributed by atoms with Gasteiger partial charge in [-0.1, -0.05) is 23.4 Å². The summed E-state index contributed by atoms with van der Waals surface area (Å²) in [6, 6.07) is 9.62. The smallest absolute Gasteiger partial charge is 0.227 e. The number of benzene rings is 1. The molecule has 1 N–H and O–H groups in total. The third-order valence-corrected chi connectivity index (χ3v) is 2.95. The molecule has 5 nitrogen and oxygen atoms in total. The molecule has 3 rings (SSSR count). The molecule has 18 heavy (non-hydrogen) atoms. The summed E-state index contributed by atoms with van der Waals surface area (Å²) in [4.78, 5) is 4.32. The zero-order valence-electron chi connectivity index (χ0n) is 10.0. The van der Waals surface area contributed by atoms with E-state index in [1.807, 2.05) is 30.3 Å². The second-order valence-corrected chi connectivity index (χ2v) is 4.43. The molecule has 94 valence electrons. The lowest BCUT2D eigenvalue weighted by Gasteiger charge is -2.25. The fraction of sp³-hybridized carbons (Fsp3) is 0.385. The second kappa shape index (κ2) is 5.18. The van der Waals surface area contributed by atoms with Crippen LogP contribution in [0.1, 0.15) is 11.7 Å². The monoisotopic (exact) mass is 245 g/mol. The first-order valence-electron chi connectivity index (χ1n) is 6.10. The van der Waals surface area contributed by atoms with Gasteiger partial charge >= 0.3 is 0 Å². The number of nitrogens with zero attached hydrogens (tertiary/aromatic N) is 2. The van der Waals surface area contributed by atoms with Crippen molar-refractivity contribution in [3.63, 3.8) is 0 Å². The third kappa shape index (κ3) is 2.68. The summed E-state index contributed by atoms with van der Waals surface area (Å²) in [7, 11) is 0. The average Bonchev–Trinajstić information content (AvgIpc) is 2.81. The number of aromatic nitrogens is 2. The molecular formula is C13H15N3O2. The van der Waals surface area contributed by atoms with Gasteiger partial charge in [0.05, 0.1) is 0 Å². The maximum atomic E-state index is 5.55. The first-order valence-corrected chi connectivity index (χ1v) is 6.10. The van der Waals surface area contributed by atoms with Crippen LogP contribution in [0.25, 0.3) is 0 Å². The highest BCUT2D eigenvalue weighted by atomic mass is 16.5. The summed E-state index contributed by atoms with van der Waals surface area (Å²) < 4.78 is 10.7. The zero-order valence-corrected chi connectivity index (χ0v) is 10.0. The van der Waals surface area contributed by atoms with Crippen molar-refractivity contribution in [2.45, 2.75) is 13.0 Å². The van der Waals surface area contributed by atoms with Crippen LogP contribution in [0.3, 0.4) is 0 Å². The molecule has 5 heteroatoms. The number of rotatable bonds is 5. The quantitative estimate of drug-likeness (QED) is 0.863. The SMILES string of the molecule is c1ccc(OCc2noc(CC3CNC3)n2)cc1. The molecule has 2 heterocycles. The van der Waals surface area contributed by atoms with Crippen molar-refractivity contribution >= 4 is 0 Å². The zero-order chi connectivity index (χ0) is 12.2. The molecule has 1 aromatic heterocycles. The third-order valence-electron chi connectivity index (χ3n) is 2.95. The average molecular weight is 245 g/mol. The standard InChI is InChI=1S/C13H15N3O2/c1-2-4-11(5-3-1)17-9-12-15-13(18-16-12)6-10-7-14-8-10/h1-5,10,14H,6-9H2. The van der Waals surface area contributed by atoms with Crippen LogP contribution in [0.2, 0.25) is 0 Å². The van der Waals surface area contributed by atoms with Crippen LogP contribution in [0.15, 0.2) is 34.9 Å². The van der Waals surface area contributed by atoms with Gasteiger partial charge in [0.2, 0.25) is 11.7 Å². The summed E-state index contributed by atoms with van der Waals surface area (Å²) in [6.45, 7) is 2.42. The fourth-order valence-electron chi connectivity index (χ4n) is 1.84. The van der Waals surface area contributed by atoms with Gasteiger partial charge in [0, 0.05) is 6.42 Å². The minimum Gasteiger partial charge on any atom is -0.485 e. The van der Waals surface area contributed by atoms with Gasteiger partial charge < -0.3 is 14.6 Å². The Kier molecular flexibility index (Phi) is 3.23. The minimum atomic E-state index is 0.344. The molecule has 0 amide bonds. The van der Waals surface area contributed by atoms with Crippen LogP contribution >= 0.6 is 0 Å². The summed E-state index contributed by atoms with van der Waals surface area (Å²) in [5.74, 6) is 2.75. The normalized spacial score (nSPS) is 15.3. The van der Waals surface area contributed by atoms with E-state index < -0.39 is 0 Å². The van der Waals surface area contributed by atoms with Crippen LogP contribution in [0.4, 0.5) is 0 Å². The number of ether oxygens (including phenoxy) is 1. The Hall–Kier alpha value is -1.88. The number of hydrogen-bond acceptors (Lipinski definition) is 5. The Balaban J connectivity index is 1.53. The molecule has 0 bridgehead atoms. The Morgan fingerprint density at radius 3 is 2.83 bits per heavy atom. The molecule has 0 unspecified atom stereocenters. The van der Waals surface area contributed by atoms with Crippen molar-refractivity contribution in [3.8, 4) is 5.75 Å². The van der Waals surface area contributed by atoms with Gasteiger partial charge in [-0.3, -0.25) is 0 Å². The van der Waals surface area contributed by atoms with Crippen molar-refractivity contribution in [1.29, 1.82) is 0 Å². The molecule has 1 aliphatic rings. The summed E-state index contributed by atoms with van der Waals surface area (Å²) in [6.07, 6.45) is 0.853. The highest BCUT2D eigenvalue weighted by molar-refractivity contribution is 5.20. The summed E-state index contributed by atoms with van der Waals surface area (Å²) in [5, 5.41) is 7.13. The van der Waals surface area contributed by atoms with E-state index in [-0.39, 0.29) is 0 Å². The second-order valence-electron chi connectivity index (χ2n) is 4.43. The molecule has 0 spiro atoms. The minimum absolute atomic E-state index is 0.344. The highest BCUT2D eigenvalue weighted by Crippen LogP contribution is 2.13. The lowest BCUT2D eigenvalue weighted by atomic mass is 10.00. The Labute approximate surface area is 105 Å². The van der Waals surface area contributed by atoms with Crippen molar-refractivity contribution in [2.24, 2.45) is 5.92 Å². The van der Waals surface area contributed by atoms with E-state index in [2.05, 4.69) is 15.5 Å². The van der Waals surface area contributed by atoms with E-state index in [4.69, 9.17) is 9.26 Å². The lowest BCUT2D eigenvalue weighted by Crippen LogP contribution is -2.43. The molecule has 1 saturated heterocycles. The van der Waals surface area contributed by atoms with Gasteiger partial charge in [-0.05, 0) is 31.1 Å². The molecule has 0 atom stereocenters. The molecule has 1 aliphatic heterocycles. The van der Waals surface area contributed by atoms with Crippen molar-refractivity contribution < 1.29 is 9.26 Å². The Bertz CT molecular complexity index is 494.